The Hall–Kier alpha value is -2.82. The van der Waals surface area contributed by atoms with E-state index < -0.39 is 0 Å². The number of hydrogen-bond donors (Lipinski definition) is 3. The number of amides is 1. The topological polar surface area (TPSA) is 81.9 Å². The number of phenolic OH excluding ortho intramolecular Hbond substituents is 2. The Morgan fingerprint density at radius 1 is 1.18 bits per heavy atom. The zero-order chi connectivity index (χ0) is 16.1. The molecule has 0 saturated carbocycles. The van der Waals surface area contributed by atoms with Gasteiger partial charge >= 0.3 is 0 Å². The lowest BCUT2D eigenvalue weighted by Crippen LogP contribution is -2.19. The average Bonchev–Trinajstić information content (AvgIpc) is 2.44. The van der Waals surface area contributed by atoms with E-state index in [-0.39, 0.29) is 23.8 Å². The molecule has 0 unspecified atom stereocenters. The van der Waals surface area contributed by atoms with Crippen molar-refractivity contribution in [3.63, 3.8) is 0 Å². The minimum atomic E-state index is -0.269. The molecule has 22 heavy (non-hydrogen) atoms. The van der Waals surface area contributed by atoms with Crippen LogP contribution in [0.5, 0.6) is 11.5 Å². The average molecular weight is 298 g/mol. The van der Waals surface area contributed by atoms with Gasteiger partial charge in [-0.25, -0.2) is 5.43 Å². The summed E-state index contributed by atoms with van der Waals surface area (Å²) < 4.78 is 0. The fourth-order valence-corrected chi connectivity index (χ4v) is 2.13. The van der Waals surface area contributed by atoms with E-state index in [1.54, 1.807) is 44.2 Å². The molecule has 1 amide bonds. The summed E-state index contributed by atoms with van der Waals surface area (Å²) in [7, 11) is 0. The number of nitrogens with zero attached hydrogens (tertiary/aromatic N) is 1. The minimum Gasteiger partial charge on any atom is -0.508 e. The first kappa shape index (κ1) is 15.6. The molecule has 114 valence electrons. The Labute approximate surface area is 128 Å². The number of nitrogens with one attached hydrogen (secondary N) is 1. The predicted octanol–water partition coefficient (Wildman–Crippen LogP) is 2.41. The Morgan fingerprint density at radius 3 is 2.50 bits per heavy atom. The molecule has 0 saturated heterocycles. The van der Waals surface area contributed by atoms with Crippen molar-refractivity contribution < 1.29 is 15.0 Å². The summed E-state index contributed by atoms with van der Waals surface area (Å²) in [6.07, 6.45) is 1.67. The first-order valence-electron chi connectivity index (χ1n) is 6.85. The van der Waals surface area contributed by atoms with E-state index >= 15 is 0 Å². The molecule has 0 aliphatic heterocycles. The minimum absolute atomic E-state index is 0.129. The Morgan fingerprint density at radius 2 is 1.86 bits per heavy atom. The van der Waals surface area contributed by atoms with Crippen LogP contribution in [0.1, 0.15) is 22.3 Å². The van der Waals surface area contributed by atoms with E-state index in [0.29, 0.717) is 5.56 Å². The Bertz CT molecular complexity index is 701. The number of carbonyl (C=O) groups is 1. The van der Waals surface area contributed by atoms with E-state index in [1.807, 2.05) is 0 Å². The molecule has 0 aliphatic carbocycles. The van der Waals surface area contributed by atoms with E-state index in [9.17, 15) is 15.0 Å². The fourth-order valence-electron chi connectivity index (χ4n) is 2.13. The molecule has 2 aromatic carbocycles. The van der Waals surface area contributed by atoms with Crippen LogP contribution in [-0.4, -0.2) is 22.3 Å². The first-order valence-corrected chi connectivity index (χ1v) is 6.85. The van der Waals surface area contributed by atoms with E-state index in [2.05, 4.69) is 10.5 Å². The summed E-state index contributed by atoms with van der Waals surface area (Å²) in [5, 5.41) is 22.9. The quantitative estimate of drug-likeness (QED) is 0.599. The van der Waals surface area contributed by atoms with Gasteiger partial charge in [-0.15, -0.1) is 0 Å². The van der Waals surface area contributed by atoms with Gasteiger partial charge in [0, 0.05) is 0 Å². The number of aryl methyl sites for hydroxylation is 2. The van der Waals surface area contributed by atoms with Gasteiger partial charge in [0.05, 0.1) is 12.6 Å². The molecular formula is C17H18N2O3. The van der Waals surface area contributed by atoms with Crippen LogP contribution in [0.3, 0.4) is 0 Å². The fraction of sp³-hybridized carbons (Fsp3) is 0.176. The summed E-state index contributed by atoms with van der Waals surface area (Å²) in [5.74, 6) is 0.128. The third-order valence-corrected chi connectivity index (χ3v) is 3.19. The number of hydrogen-bond acceptors (Lipinski definition) is 4. The van der Waals surface area contributed by atoms with Crippen LogP contribution >= 0.6 is 0 Å². The number of carbonyl (C=O) groups excluding carboxylic acids is 1. The van der Waals surface area contributed by atoms with Gasteiger partial charge in [-0.2, -0.15) is 5.10 Å². The largest absolute Gasteiger partial charge is 0.508 e. The Balaban J connectivity index is 1.96. The van der Waals surface area contributed by atoms with E-state index in [0.717, 1.165) is 16.7 Å². The third-order valence-electron chi connectivity index (χ3n) is 3.19. The number of hydrazone groups is 1. The molecule has 5 nitrogen and oxygen atoms in total. The zero-order valence-electron chi connectivity index (χ0n) is 12.5. The predicted molar refractivity (Wildman–Crippen MR) is 85.1 cm³/mol. The van der Waals surface area contributed by atoms with Crippen LogP contribution in [0.15, 0.2) is 41.5 Å². The molecule has 0 aliphatic rings. The highest BCUT2D eigenvalue weighted by atomic mass is 16.3. The highest BCUT2D eigenvalue weighted by Crippen LogP contribution is 2.21. The van der Waals surface area contributed by atoms with E-state index in [4.69, 9.17) is 0 Å². The lowest BCUT2D eigenvalue weighted by molar-refractivity contribution is -0.120. The zero-order valence-corrected chi connectivity index (χ0v) is 12.5. The second-order valence-electron chi connectivity index (χ2n) is 5.14. The second-order valence-corrected chi connectivity index (χ2v) is 5.14. The van der Waals surface area contributed by atoms with Gasteiger partial charge in [-0.1, -0.05) is 12.1 Å². The summed E-state index contributed by atoms with van der Waals surface area (Å²) in [5.41, 5.74) is 5.46. The Kier molecular flexibility index (Phi) is 4.78. The van der Waals surface area contributed by atoms with Gasteiger partial charge in [0.2, 0.25) is 5.91 Å². The van der Waals surface area contributed by atoms with Crippen LogP contribution in [-0.2, 0) is 11.2 Å². The lowest BCUT2D eigenvalue weighted by atomic mass is 10.1. The first-order chi connectivity index (χ1) is 10.5. The van der Waals surface area contributed by atoms with Crippen LogP contribution in [0.2, 0.25) is 0 Å². The van der Waals surface area contributed by atoms with Gasteiger partial charge in [0.15, 0.2) is 0 Å². The van der Waals surface area contributed by atoms with Crippen molar-refractivity contribution in [2.75, 3.05) is 0 Å². The molecular weight excluding hydrogens is 280 g/mol. The molecule has 2 rings (SSSR count). The van der Waals surface area contributed by atoms with Crippen molar-refractivity contribution in [1.29, 1.82) is 0 Å². The SMILES string of the molecule is Cc1cc(C=NNC(=O)Cc2cccc(O)c2)cc(C)c1O. The van der Waals surface area contributed by atoms with Gasteiger partial charge in [-0.05, 0) is 60.4 Å². The number of rotatable bonds is 4. The van der Waals surface area contributed by atoms with Crippen LogP contribution in [0.4, 0.5) is 0 Å². The summed E-state index contributed by atoms with van der Waals surface area (Å²) in [6.45, 7) is 3.61. The number of benzene rings is 2. The van der Waals surface area contributed by atoms with Gasteiger partial charge in [0.25, 0.3) is 0 Å². The molecule has 0 atom stereocenters. The third kappa shape index (κ3) is 4.09. The smallest absolute Gasteiger partial charge is 0.244 e. The molecule has 0 fully saturated rings. The van der Waals surface area contributed by atoms with Crippen LogP contribution in [0, 0.1) is 13.8 Å². The maximum Gasteiger partial charge on any atom is 0.244 e. The monoisotopic (exact) mass is 298 g/mol. The van der Waals surface area contributed by atoms with Crippen LogP contribution < -0.4 is 5.43 Å². The summed E-state index contributed by atoms with van der Waals surface area (Å²) >= 11 is 0. The standard InChI is InChI=1S/C17H18N2O3/c1-11-6-14(7-12(2)17(11)22)10-18-19-16(21)9-13-4-3-5-15(20)8-13/h3-8,10,20,22H,9H2,1-2H3,(H,19,21). The maximum atomic E-state index is 11.8. The maximum absolute atomic E-state index is 11.8. The molecule has 0 bridgehead atoms. The summed E-state index contributed by atoms with van der Waals surface area (Å²) in [4.78, 5) is 11.8. The molecule has 5 heteroatoms. The molecule has 0 aromatic heterocycles. The molecule has 0 spiro atoms. The van der Waals surface area contributed by atoms with Crippen molar-refractivity contribution in [2.45, 2.75) is 20.3 Å². The summed E-state index contributed by atoms with van der Waals surface area (Å²) in [6, 6.07) is 10.1. The van der Waals surface area contributed by atoms with Gasteiger partial charge in [-0.3, -0.25) is 4.79 Å². The normalized spacial score (nSPS) is 10.8. The van der Waals surface area contributed by atoms with Crippen molar-refractivity contribution in [1.82, 2.24) is 5.43 Å². The number of phenols is 2. The van der Waals surface area contributed by atoms with Gasteiger partial charge in [0.1, 0.15) is 11.5 Å². The van der Waals surface area contributed by atoms with Crippen molar-refractivity contribution in [3.8, 4) is 11.5 Å². The van der Waals surface area contributed by atoms with Gasteiger partial charge < -0.3 is 10.2 Å². The second kappa shape index (κ2) is 6.76. The molecule has 2 aromatic rings. The number of aromatic hydroxyl groups is 2. The molecule has 0 heterocycles. The van der Waals surface area contributed by atoms with Crippen LogP contribution in [0.25, 0.3) is 0 Å². The highest BCUT2D eigenvalue weighted by Gasteiger charge is 2.04. The van der Waals surface area contributed by atoms with Crippen molar-refractivity contribution in [2.24, 2.45) is 5.10 Å². The lowest BCUT2D eigenvalue weighted by Gasteiger charge is -2.04. The molecule has 3 N–H and O–H groups in total. The molecule has 0 radical (unpaired) electrons. The highest BCUT2D eigenvalue weighted by molar-refractivity contribution is 5.84. The van der Waals surface area contributed by atoms with Crippen molar-refractivity contribution >= 4 is 12.1 Å². The van der Waals surface area contributed by atoms with E-state index in [1.165, 1.54) is 12.3 Å². The van der Waals surface area contributed by atoms with Crippen molar-refractivity contribution in [3.05, 3.63) is 58.7 Å².